The molecule has 7 nitrogen and oxygen atoms in total. The number of benzene rings is 2. The molecular formula is C24H21ClF2N2O5. The van der Waals surface area contributed by atoms with E-state index in [1.807, 2.05) is 0 Å². The zero-order chi connectivity index (χ0) is 25.0. The standard InChI is InChI=1S/C24H21ClF2N2O5/c1-13(18-5-7-20(33-2)22(34-3)21(18)25)29(12-14-4-6-19(24(31)32)28-11-14)23(30)15-8-16(26)10-17(27)9-15/h4-11,13H,12H2,1-3H3,(H,31,32)/t13-/m0/s1. The van der Waals surface area contributed by atoms with Crippen LogP contribution < -0.4 is 9.47 Å². The number of aromatic nitrogens is 1. The number of carboxylic acid groups (broad SMARTS) is 1. The van der Waals surface area contributed by atoms with Gasteiger partial charge >= 0.3 is 5.97 Å². The third kappa shape index (κ3) is 5.26. The van der Waals surface area contributed by atoms with Crippen molar-refractivity contribution >= 4 is 23.5 Å². The fourth-order valence-corrected chi connectivity index (χ4v) is 3.86. The molecule has 34 heavy (non-hydrogen) atoms. The summed E-state index contributed by atoms with van der Waals surface area (Å²) in [5.41, 5.74) is 0.638. The van der Waals surface area contributed by atoms with Crippen LogP contribution in [0.2, 0.25) is 5.02 Å². The molecule has 3 aromatic rings. The Morgan fingerprint density at radius 1 is 1.09 bits per heavy atom. The van der Waals surface area contributed by atoms with Gasteiger partial charge in [-0.05, 0) is 42.3 Å². The highest BCUT2D eigenvalue weighted by Gasteiger charge is 2.27. The highest BCUT2D eigenvalue weighted by molar-refractivity contribution is 6.33. The van der Waals surface area contributed by atoms with Crippen molar-refractivity contribution in [3.05, 3.63) is 87.7 Å². The number of hydrogen-bond acceptors (Lipinski definition) is 5. The molecule has 0 saturated heterocycles. The Labute approximate surface area is 199 Å². The molecule has 1 heterocycles. The lowest BCUT2D eigenvalue weighted by Gasteiger charge is -2.31. The minimum Gasteiger partial charge on any atom is -0.493 e. The van der Waals surface area contributed by atoms with E-state index < -0.39 is 29.6 Å². The number of carboxylic acids is 1. The zero-order valence-corrected chi connectivity index (χ0v) is 19.3. The molecule has 0 aliphatic heterocycles. The Morgan fingerprint density at radius 3 is 2.29 bits per heavy atom. The lowest BCUT2D eigenvalue weighted by Crippen LogP contribution is -2.33. The SMILES string of the molecule is COc1ccc([C@H](C)N(Cc2ccc(C(=O)O)nc2)C(=O)c2cc(F)cc(F)c2)c(Cl)c1OC. The summed E-state index contributed by atoms with van der Waals surface area (Å²) < 4.78 is 38.3. The molecule has 10 heteroatoms. The van der Waals surface area contributed by atoms with E-state index >= 15 is 0 Å². The molecule has 0 radical (unpaired) electrons. The summed E-state index contributed by atoms with van der Waals surface area (Å²) in [5, 5.41) is 9.28. The number of amides is 1. The summed E-state index contributed by atoms with van der Waals surface area (Å²) in [4.78, 5) is 29.7. The van der Waals surface area contributed by atoms with Crippen molar-refractivity contribution < 1.29 is 33.0 Å². The van der Waals surface area contributed by atoms with Crippen LogP contribution in [0.3, 0.4) is 0 Å². The number of nitrogens with zero attached hydrogens (tertiary/aromatic N) is 2. The van der Waals surface area contributed by atoms with Gasteiger partial charge in [-0.15, -0.1) is 0 Å². The number of hydrogen-bond donors (Lipinski definition) is 1. The van der Waals surface area contributed by atoms with Crippen LogP contribution in [0.4, 0.5) is 8.78 Å². The topological polar surface area (TPSA) is 89.0 Å². The highest BCUT2D eigenvalue weighted by atomic mass is 35.5. The fraction of sp³-hybridized carbons (Fsp3) is 0.208. The second kappa shape index (κ2) is 10.5. The largest absolute Gasteiger partial charge is 0.493 e. The van der Waals surface area contributed by atoms with Gasteiger partial charge in [-0.2, -0.15) is 0 Å². The highest BCUT2D eigenvalue weighted by Crippen LogP contribution is 2.41. The average Bonchev–Trinajstić information content (AvgIpc) is 2.81. The lowest BCUT2D eigenvalue weighted by atomic mass is 10.0. The first-order valence-electron chi connectivity index (χ1n) is 10.0. The molecule has 1 amide bonds. The molecule has 3 rings (SSSR count). The number of aromatic carboxylic acids is 1. The fourth-order valence-electron chi connectivity index (χ4n) is 3.46. The molecule has 0 spiro atoms. The molecule has 0 bridgehead atoms. The van der Waals surface area contributed by atoms with E-state index in [0.717, 1.165) is 12.1 Å². The third-order valence-electron chi connectivity index (χ3n) is 5.20. The molecule has 2 aromatic carbocycles. The predicted octanol–water partition coefficient (Wildman–Crippen LogP) is 5.13. The van der Waals surface area contributed by atoms with E-state index in [2.05, 4.69) is 4.98 Å². The quantitative estimate of drug-likeness (QED) is 0.471. The molecular weight excluding hydrogens is 470 g/mol. The Balaban J connectivity index is 2.07. The van der Waals surface area contributed by atoms with Crippen LogP contribution >= 0.6 is 11.6 Å². The van der Waals surface area contributed by atoms with E-state index in [1.54, 1.807) is 19.1 Å². The summed E-state index contributed by atoms with van der Waals surface area (Å²) in [7, 11) is 2.88. The van der Waals surface area contributed by atoms with Gasteiger partial charge < -0.3 is 19.5 Å². The van der Waals surface area contributed by atoms with E-state index in [0.29, 0.717) is 22.9 Å². The first-order valence-corrected chi connectivity index (χ1v) is 10.4. The second-order valence-electron chi connectivity index (χ2n) is 7.33. The van der Waals surface area contributed by atoms with Crippen LogP contribution in [-0.2, 0) is 6.54 Å². The third-order valence-corrected chi connectivity index (χ3v) is 5.59. The van der Waals surface area contributed by atoms with Gasteiger partial charge in [0.1, 0.15) is 17.3 Å². The summed E-state index contributed by atoms with van der Waals surface area (Å²) in [6.07, 6.45) is 1.32. The molecule has 178 valence electrons. The molecule has 0 aliphatic carbocycles. The number of rotatable bonds is 8. The van der Waals surface area contributed by atoms with Crippen LogP contribution in [-0.4, -0.2) is 41.1 Å². The minimum atomic E-state index is -1.19. The van der Waals surface area contributed by atoms with Crippen molar-refractivity contribution in [2.24, 2.45) is 0 Å². The molecule has 1 atom stereocenters. The molecule has 1 N–H and O–H groups in total. The molecule has 1 aromatic heterocycles. The van der Waals surface area contributed by atoms with Crippen LogP contribution in [0.15, 0.2) is 48.7 Å². The van der Waals surface area contributed by atoms with Gasteiger partial charge in [-0.25, -0.2) is 18.6 Å². The Hall–Kier alpha value is -3.72. The van der Waals surface area contributed by atoms with Crippen molar-refractivity contribution in [3.63, 3.8) is 0 Å². The maximum absolute atomic E-state index is 13.8. The second-order valence-corrected chi connectivity index (χ2v) is 7.71. The summed E-state index contributed by atoms with van der Waals surface area (Å²) in [6.45, 7) is 1.65. The maximum atomic E-state index is 13.8. The van der Waals surface area contributed by atoms with Gasteiger partial charge in [0.15, 0.2) is 11.5 Å². The molecule has 0 fully saturated rings. The maximum Gasteiger partial charge on any atom is 0.354 e. The number of carbonyl (C=O) groups is 2. The lowest BCUT2D eigenvalue weighted by molar-refractivity contribution is 0.0666. The number of pyridine rings is 1. The van der Waals surface area contributed by atoms with Gasteiger partial charge in [0.2, 0.25) is 0 Å². The van der Waals surface area contributed by atoms with Crippen LogP contribution in [0.25, 0.3) is 0 Å². The van der Waals surface area contributed by atoms with Crippen LogP contribution in [0.1, 0.15) is 44.9 Å². The summed E-state index contributed by atoms with van der Waals surface area (Å²) in [5.74, 6) is -2.99. The first-order chi connectivity index (χ1) is 16.2. The minimum absolute atomic E-state index is 0.0459. The van der Waals surface area contributed by atoms with Gasteiger partial charge in [-0.3, -0.25) is 4.79 Å². The van der Waals surface area contributed by atoms with E-state index in [9.17, 15) is 18.4 Å². The van der Waals surface area contributed by atoms with Crippen molar-refractivity contribution in [2.75, 3.05) is 14.2 Å². The number of methoxy groups -OCH3 is 2. The van der Waals surface area contributed by atoms with E-state index in [1.165, 1.54) is 37.4 Å². The number of ether oxygens (including phenoxy) is 2. The summed E-state index contributed by atoms with van der Waals surface area (Å²) in [6, 6.07) is 7.95. The van der Waals surface area contributed by atoms with Crippen molar-refractivity contribution in [1.82, 2.24) is 9.88 Å². The van der Waals surface area contributed by atoms with Gasteiger partial charge in [-0.1, -0.05) is 23.7 Å². The van der Waals surface area contributed by atoms with E-state index in [4.69, 9.17) is 26.2 Å². The molecule has 0 aliphatic rings. The first kappa shape index (κ1) is 24.9. The van der Waals surface area contributed by atoms with Gasteiger partial charge in [0.05, 0.1) is 25.3 Å². The molecule has 0 unspecified atom stereocenters. The zero-order valence-electron chi connectivity index (χ0n) is 18.5. The molecule has 0 saturated carbocycles. The Bertz CT molecular complexity index is 1200. The smallest absolute Gasteiger partial charge is 0.354 e. The predicted molar refractivity (Wildman–Crippen MR) is 120 cm³/mol. The van der Waals surface area contributed by atoms with Gasteiger partial charge in [0.25, 0.3) is 5.91 Å². The Kier molecular flexibility index (Phi) is 7.68. The van der Waals surface area contributed by atoms with E-state index in [-0.39, 0.29) is 28.6 Å². The van der Waals surface area contributed by atoms with Crippen molar-refractivity contribution in [1.29, 1.82) is 0 Å². The van der Waals surface area contributed by atoms with Crippen molar-refractivity contribution in [3.8, 4) is 11.5 Å². The average molecular weight is 491 g/mol. The number of carbonyl (C=O) groups excluding carboxylic acids is 1. The Morgan fingerprint density at radius 2 is 1.76 bits per heavy atom. The van der Waals surface area contributed by atoms with Crippen LogP contribution in [0, 0.1) is 11.6 Å². The normalized spacial score (nSPS) is 11.6. The monoisotopic (exact) mass is 490 g/mol. The van der Waals surface area contributed by atoms with Crippen molar-refractivity contribution in [2.45, 2.75) is 19.5 Å². The summed E-state index contributed by atoms with van der Waals surface area (Å²) >= 11 is 6.55. The van der Waals surface area contributed by atoms with Gasteiger partial charge in [0, 0.05) is 24.4 Å². The van der Waals surface area contributed by atoms with Crippen LogP contribution in [0.5, 0.6) is 11.5 Å². The number of halogens is 3.